The molecule has 5 nitrogen and oxygen atoms in total. The summed E-state index contributed by atoms with van der Waals surface area (Å²) in [5, 5.41) is 9.83. The second-order valence-electron chi connectivity index (χ2n) is 7.66. The van der Waals surface area contributed by atoms with Crippen LogP contribution < -0.4 is 0 Å². The van der Waals surface area contributed by atoms with Crippen LogP contribution in [0.25, 0.3) is 0 Å². The summed E-state index contributed by atoms with van der Waals surface area (Å²) >= 11 is 0. The Morgan fingerprint density at radius 2 is 1.58 bits per heavy atom. The number of carbonyl (C=O) groups is 2. The molecular formula is C19H31NO4. The summed E-state index contributed by atoms with van der Waals surface area (Å²) in [7, 11) is 0. The van der Waals surface area contributed by atoms with Gasteiger partial charge < -0.3 is 9.47 Å². The highest BCUT2D eigenvalue weighted by molar-refractivity contribution is 5.86. The molecule has 0 saturated heterocycles. The molecule has 1 aliphatic carbocycles. The first-order valence-electron chi connectivity index (χ1n) is 9.06. The smallest absolute Gasteiger partial charge is 0.327 e. The molecule has 24 heavy (non-hydrogen) atoms. The molecule has 0 radical (unpaired) electrons. The second kappa shape index (κ2) is 9.66. The van der Waals surface area contributed by atoms with Crippen LogP contribution in [0, 0.1) is 34.5 Å². The fourth-order valence-corrected chi connectivity index (χ4v) is 3.06. The van der Waals surface area contributed by atoms with Crippen molar-refractivity contribution >= 4 is 11.9 Å². The Morgan fingerprint density at radius 3 is 2.08 bits per heavy atom. The molecule has 0 aromatic carbocycles. The highest BCUT2D eigenvalue weighted by Gasteiger charge is 2.50. The molecule has 0 heterocycles. The van der Waals surface area contributed by atoms with Gasteiger partial charge in [0, 0.05) is 0 Å². The molecule has 0 bridgehead atoms. The van der Waals surface area contributed by atoms with E-state index >= 15 is 0 Å². The van der Waals surface area contributed by atoms with Crippen LogP contribution in [0.15, 0.2) is 0 Å². The van der Waals surface area contributed by atoms with Gasteiger partial charge >= 0.3 is 11.9 Å². The molecule has 1 rings (SSSR count). The molecule has 0 aliphatic heterocycles. The number of nitrogens with zero attached hydrogens (tertiary/aromatic N) is 1. The van der Waals surface area contributed by atoms with Crippen molar-refractivity contribution in [2.75, 3.05) is 13.2 Å². The lowest BCUT2D eigenvalue weighted by Gasteiger charge is -2.34. The van der Waals surface area contributed by atoms with Crippen LogP contribution in [-0.2, 0) is 19.1 Å². The monoisotopic (exact) mass is 337 g/mol. The number of nitriles is 1. The summed E-state index contributed by atoms with van der Waals surface area (Å²) in [6.07, 6.45) is 4.41. The number of hydrogen-bond acceptors (Lipinski definition) is 5. The van der Waals surface area contributed by atoms with E-state index in [2.05, 4.69) is 6.07 Å². The summed E-state index contributed by atoms with van der Waals surface area (Å²) in [6, 6.07) is 2.15. The molecule has 1 fully saturated rings. The first-order chi connectivity index (χ1) is 11.3. The summed E-state index contributed by atoms with van der Waals surface area (Å²) < 4.78 is 10.6. The third-order valence-corrected chi connectivity index (χ3v) is 4.41. The van der Waals surface area contributed by atoms with Gasteiger partial charge in [0.2, 0.25) is 0 Å². The van der Waals surface area contributed by atoms with Gasteiger partial charge in [-0.25, -0.2) is 0 Å². The summed E-state index contributed by atoms with van der Waals surface area (Å²) in [5.41, 5.74) is -1.41. The van der Waals surface area contributed by atoms with Crippen molar-refractivity contribution in [1.82, 2.24) is 0 Å². The SMILES string of the molecule is CC(C)COC(=O)CC(C#N)(C(=O)OCC(C)C)C1CCCCC1. The summed E-state index contributed by atoms with van der Waals surface area (Å²) in [5.74, 6) is -0.787. The Bertz CT molecular complexity index is 460. The minimum atomic E-state index is -1.41. The zero-order valence-corrected chi connectivity index (χ0v) is 15.5. The van der Waals surface area contributed by atoms with Crippen LogP contribution in [0.4, 0.5) is 0 Å². The van der Waals surface area contributed by atoms with Crippen molar-refractivity contribution in [2.24, 2.45) is 23.2 Å². The number of hydrogen-bond donors (Lipinski definition) is 0. The van der Waals surface area contributed by atoms with Crippen LogP contribution in [0.2, 0.25) is 0 Å². The third kappa shape index (κ3) is 5.81. The van der Waals surface area contributed by atoms with Crippen LogP contribution >= 0.6 is 0 Å². The van der Waals surface area contributed by atoms with E-state index in [1.54, 1.807) is 0 Å². The topological polar surface area (TPSA) is 76.4 Å². The first kappa shape index (κ1) is 20.5. The Balaban J connectivity index is 2.93. The zero-order valence-electron chi connectivity index (χ0n) is 15.5. The van der Waals surface area contributed by atoms with Gasteiger partial charge in [-0.15, -0.1) is 0 Å². The second-order valence-corrected chi connectivity index (χ2v) is 7.66. The van der Waals surface area contributed by atoms with Crippen molar-refractivity contribution in [3.8, 4) is 6.07 Å². The molecule has 0 N–H and O–H groups in total. The van der Waals surface area contributed by atoms with E-state index in [9.17, 15) is 14.9 Å². The standard InChI is InChI=1S/C19H31NO4/c1-14(2)11-23-17(21)10-19(13-20,16-8-6-5-7-9-16)18(22)24-12-15(3)4/h14-16H,5-12H2,1-4H3. The van der Waals surface area contributed by atoms with E-state index in [0.717, 1.165) is 32.1 Å². The molecule has 1 unspecified atom stereocenters. The number of rotatable bonds is 8. The van der Waals surface area contributed by atoms with Gasteiger partial charge in [0.1, 0.15) is 0 Å². The molecule has 136 valence electrons. The summed E-state index contributed by atoms with van der Waals surface area (Å²) in [4.78, 5) is 24.9. The molecule has 1 aliphatic rings. The number of carbonyl (C=O) groups excluding carboxylic acids is 2. The minimum Gasteiger partial charge on any atom is -0.465 e. The van der Waals surface area contributed by atoms with E-state index in [4.69, 9.17) is 9.47 Å². The Labute approximate surface area is 145 Å². The van der Waals surface area contributed by atoms with E-state index in [1.165, 1.54) is 0 Å². The Kier molecular flexibility index (Phi) is 8.24. The van der Waals surface area contributed by atoms with Gasteiger partial charge in [-0.1, -0.05) is 47.0 Å². The molecule has 0 aromatic rings. The predicted molar refractivity (Wildman–Crippen MR) is 90.8 cm³/mol. The lowest BCUT2D eigenvalue weighted by Crippen LogP contribution is -2.42. The van der Waals surface area contributed by atoms with Gasteiger partial charge in [-0.3, -0.25) is 9.59 Å². The highest BCUT2D eigenvalue weighted by Crippen LogP contribution is 2.42. The lowest BCUT2D eigenvalue weighted by atomic mass is 9.67. The van der Waals surface area contributed by atoms with Crippen molar-refractivity contribution < 1.29 is 19.1 Å². The van der Waals surface area contributed by atoms with Gasteiger partial charge in [0.25, 0.3) is 0 Å². The summed E-state index contributed by atoms with van der Waals surface area (Å²) in [6.45, 7) is 8.34. The van der Waals surface area contributed by atoms with Gasteiger partial charge in [0.05, 0.1) is 25.7 Å². The van der Waals surface area contributed by atoms with Gasteiger partial charge in [0.15, 0.2) is 5.41 Å². The zero-order chi connectivity index (χ0) is 18.2. The van der Waals surface area contributed by atoms with Crippen LogP contribution in [0.3, 0.4) is 0 Å². The molecule has 0 aromatic heterocycles. The third-order valence-electron chi connectivity index (χ3n) is 4.41. The first-order valence-corrected chi connectivity index (χ1v) is 9.06. The van der Waals surface area contributed by atoms with Gasteiger partial charge in [-0.05, 0) is 30.6 Å². The predicted octanol–water partition coefficient (Wildman–Crippen LogP) is 3.87. The van der Waals surface area contributed by atoms with Crippen molar-refractivity contribution in [3.05, 3.63) is 0 Å². The maximum absolute atomic E-state index is 12.7. The minimum absolute atomic E-state index is 0.137. The van der Waals surface area contributed by atoms with Crippen LogP contribution in [-0.4, -0.2) is 25.2 Å². The average molecular weight is 337 g/mol. The van der Waals surface area contributed by atoms with E-state index < -0.39 is 17.4 Å². The molecule has 0 spiro atoms. The number of ether oxygens (including phenoxy) is 2. The molecule has 1 saturated carbocycles. The molecular weight excluding hydrogens is 306 g/mol. The fourth-order valence-electron chi connectivity index (χ4n) is 3.06. The molecule has 0 amide bonds. The molecule has 1 atom stereocenters. The normalized spacial score (nSPS) is 18.0. The Hall–Kier alpha value is -1.57. The molecule has 5 heteroatoms. The average Bonchev–Trinajstić information content (AvgIpc) is 2.56. The number of esters is 2. The van der Waals surface area contributed by atoms with Crippen LogP contribution in [0.1, 0.15) is 66.2 Å². The van der Waals surface area contributed by atoms with E-state index in [-0.39, 0.29) is 30.8 Å². The maximum Gasteiger partial charge on any atom is 0.327 e. The lowest BCUT2D eigenvalue weighted by molar-refractivity contribution is -0.164. The van der Waals surface area contributed by atoms with Crippen molar-refractivity contribution in [2.45, 2.75) is 66.2 Å². The van der Waals surface area contributed by atoms with Crippen molar-refractivity contribution in [1.29, 1.82) is 5.26 Å². The highest BCUT2D eigenvalue weighted by atomic mass is 16.5. The Morgan fingerprint density at radius 1 is 1.04 bits per heavy atom. The largest absolute Gasteiger partial charge is 0.465 e. The van der Waals surface area contributed by atoms with Crippen molar-refractivity contribution in [3.63, 3.8) is 0 Å². The van der Waals surface area contributed by atoms with E-state index in [0.29, 0.717) is 6.61 Å². The van der Waals surface area contributed by atoms with Gasteiger partial charge in [-0.2, -0.15) is 5.26 Å². The van der Waals surface area contributed by atoms with E-state index in [1.807, 2.05) is 27.7 Å². The van der Waals surface area contributed by atoms with Crippen LogP contribution in [0.5, 0.6) is 0 Å². The fraction of sp³-hybridized carbons (Fsp3) is 0.842. The maximum atomic E-state index is 12.7. The quantitative estimate of drug-likeness (QED) is 0.628.